The Morgan fingerprint density at radius 3 is 2.59 bits per heavy atom. The van der Waals surface area contributed by atoms with Crippen molar-refractivity contribution in [3.63, 3.8) is 0 Å². The summed E-state index contributed by atoms with van der Waals surface area (Å²) in [6.07, 6.45) is 2.39. The van der Waals surface area contributed by atoms with E-state index in [2.05, 4.69) is 0 Å². The highest BCUT2D eigenvalue weighted by Gasteiger charge is 2.21. The molecule has 0 radical (unpaired) electrons. The molecular weight excluding hydrogens is 421 g/mol. The molecule has 0 saturated heterocycles. The third kappa shape index (κ3) is 5.82. The molecule has 0 atom stereocenters. The summed E-state index contributed by atoms with van der Waals surface area (Å²) in [5, 5.41) is 0.344. The van der Waals surface area contributed by atoms with Crippen LogP contribution in [0.5, 0.6) is 5.75 Å². The molecule has 152 valence electrons. The lowest BCUT2D eigenvalue weighted by Crippen LogP contribution is -2.30. The molecule has 0 aliphatic rings. The number of furan rings is 1. The highest BCUT2D eigenvalue weighted by atomic mass is 35.5. The molecular formula is C20H17ClFNO5S. The average molecular weight is 438 g/mol. The van der Waals surface area contributed by atoms with Gasteiger partial charge < -0.3 is 13.5 Å². The number of hydrogen-bond acceptors (Lipinski definition) is 5. The molecule has 0 aliphatic carbocycles. The first-order valence-electron chi connectivity index (χ1n) is 8.46. The van der Waals surface area contributed by atoms with Crippen molar-refractivity contribution in [1.82, 2.24) is 4.90 Å². The minimum absolute atomic E-state index is 0.0402. The normalized spacial score (nSPS) is 11.3. The quantitative estimate of drug-likeness (QED) is 0.516. The van der Waals surface area contributed by atoms with Crippen LogP contribution in [-0.2, 0) is 23.2 Å². The first-order chi connectivity index (χ1) is 13.7. The first-order valence-corrected chi connectivity index (χ1v) is 10.7. The molecule has 1 aromatic heterocycles. The van der Waals surface area contributed by atoms with Crippen LogP contribution >= 0.6 is 11.6 Å². The smallest absolute Gasteiger partial charge is 0.306 e. The lowest BCUT2D eigenvalue weighted by atomic mass is 10.1. The number of rotatable bonds is 7. The van der Waals surface area contributed by atoms with Gasteiger partial charge in [-0.2, -0.15) is 8.42 Å². The lowest BCUT2D eigenvalue weighted by molar-refractivity contribution is 0.0716. The van der Waals surface area contributed by atoms with Gasteiger partial charge in [0, 0.05) is 16.1 Å². The van der Waals surface area contributed by atoms with Gasteiger partial charge in [-0.05, 0) is 48.5 Å². The molecule has 3 aromatic rings. The van der Waals surface area contributed by atoms with Gasteiger partial charge in [0.15, 0.2) is 0 Å². The van der Waals surface area contributed by atoms with Crippen LogP contribution in [0.3, 0.4) is 0 Å². The molecule has 3 rings (SSSR count). The fraction of sp³-hybridized carbons (Fsp3) is 0.150. The van der Waals surface area contributed by atoms with Crippen LogP contribution in [0.25, 0.3) is 0 Å². The number of hydrogen-bond donors (Lipinski definition) is 0. The molecule has 0 fully saturated rings. The van der Waals surface area contributed by atoms with Gasteiger partial charge in [0.1, 0.15) is 17.3 Å². The van der Waals surface area contributed by atoms with Crippen molar-refractivity contribution in [2.75, 3.05) is 6.26 Å². The molecule has 1 amide bonds. The molecule has 0 unspecified atom stereocenters. The van der Waals surface area contributed by atoms with Gasteiger partial charge in [-0.15, -0.1) is 0 Å². The van der Waals surface area contributed by atoms with Crippen molar-refractivity contribution < 1.29 is 26.2 Å². The van der Waals surface area contributed by atoms with E-state index in [1.165, 1.54) is 47.6 Å². The van der Waals surface area contributed by atoms with Crippen LogP contribution in [0.1, 0.15) is 21.7 Å². The minimum Gasteiger partial charge on any atom is -0.467 e. The highest BCUT2D eigenvalue weighted by molar-refractivity contribution is 7.86. The number of benzene rings is 2. The van der Waals surface area contributed by atoms with Gasteiger partial charge in [0.25, 0.3) is 5.91 Å². The van der Waals surface area contributed by atoms with Gasteiger partial charge in [0.05, 0.1) is 25.6 Å². The second kappa shape index (κ2) is 8.67. The maximum absolute atomic E-state index is 13.6. The average Bonchev–Trinajstić information content (AvgIpc) is 3.15. The summed E-state index contributed by atoms with van der Waals surface area (Å²) in [6, 6.07) is 13.1. The predicted octanol–water partition coefficient (Wildman–Crippen LogP) is 4.25. The first kappa shape index (κ1) is 20.9. The van der Waals surface area contributed by atoms with Gasteiger partial charge in [0.2, 0.25) is 0 Å². The van der Waals surface area contributed by atoms with E-state index in [9.17, 15) is 17.6 Å². The molecule has 0 bridgehead atoms. The maximum Gasteiger partial charge on any atom is 0.306 e. The number of carbonyl (C=O) groups is 1. The summed E-state index contributed by atoms with van der Waals surface area (Å²) in [5.41, 5.74) is 0.517. The molecule has 6 nitrogen and oxygen atoms in total. The number of nitrogens with zero attached hydrogens (tertiary/aromatic N) is 1. The molecule has 0 saturated carbocycles. The third-order valence-corrected chi connectivity index (χ3v) is 4.63. The van der Waals surface area contributed by atoms with Gasteiger partial charge in [-0.25, -0.2) is 4.39 Å². The van der Waals surface area contributed by atoms with Crippen LogP contribution in [-0.4, -0.2) is 25.5 Å². The third-order valence-electron chi connectivity index (χ3n) is 3.91. The Balaban J connectivity index is 1.97. The van der Waals surface area contributed by atoms with E-state index < -0.39 is 21.8 Å². The van der Waals surface area contributed by atoms with Gasteiger partial charge in [-0.3, -0.25) is 4.79 Å². The van der Waals surface area contributed by atoms with E-state index in [-0.39, 0.29) is 24.4 Å². The van der Waals surface area contributed by atoms with Crippen molar-refractivity contribution >= 4 is 27.6 Å². The van der Waals surface area contributed by atoms with Gasteiger partial charge >= 0.3 is 10.1 Å². The molecule has 0 aliphatic heterocycles. The van der Waals surface area contributed by atoms with Crippen LogP contribution in [0, 0.1) is 5.82 Å². The van der Waals surface area contributed by atoms with Crippen LogP contribution < -0.4 is 4.18 Å². The highest BCUT2D eigenvalue weighted by Crippen LogP contribution is 2.27. The van der Waals surface area contributed by atoms with E-state index in [1.807, 2.05) is 0 Å². The molecule has 9 heteroatoms. The number of halogens is 2. The van der Waals surface area contributed by atoms with Gasteiger partial charge in [-0.1, -0.05) is 17.7 Å². The Kier molecular flexibility index (Phi) is 6.24. The van der Waals surface area contributed by atoms with Crippen molar-refractivity contribution in [3.8, 4) is 5.75 Å². The Labute approximate surface area is 172 Å². The second-order valence-electron chi connectivity index (χ2n) is 6.29. The Hall–Kier alpha value is -2.84. The summed E-state index contributed by atoms with van der Waals surface area (Å²) < 4.78 is 47.1. The SMILES string of the molecule is CS(=O)(=O)Oc1ccc(Cl)cc1CN(Cc1ccco1)C(=O)c1cccc(F)c1. The minimum atomic E-state index is -3.79. The number of carbonyl (C=O) groups excluding carboxylic acids is 1. The Morgan fingerprint density at radius 2 is 1.93 bits per heavy atom. The monoisotopic (exact) mass is 437 g/mol. The topological polar surface area (TPSA) is 76.8 Å². The standard InChI is InChI=1S/C20H17ClFNO5S/c1-29(25,26)28-19-8-7-16(21)10-15(19)12-23(13-18-6-3-9-27-18)20(24)14-4-2-5-17(22)11-14/h2-11H,12-13H2,1H3. The number of amides is 1. The fourth-order valence-electron chi connectivity index (χ4n) is 2.72. The Morgan fingerprint density at radius 1 is 1.14 bits per heavy atom. The zero-order valence-electron chi connectivity index (χ0n) is 15.3. The predicted molar refractivity (Wildman–Crippen MR) is 106 cm³/mol. The Bertz CT molecular complexity index is 1120. The molecule has 29 heavy (non-hydrogen) atoms. The van der Waals surface area contributed by atoms with E-state index in [0.29, 0.717) is 16.3 Å². The molecule has 1 heterocycles. The zero-order chi connectivity index (χ0) is 21.0. The van der Waals surface area contributed by atoms with E-state index in [0.717, 1.165) is 12.3 Å². The molecule has 0 spiro atoms. The van der Waals surface area contributed by atoms with Crippen molar-refractivity contribution in [2.24, 2.45) is 0 Å². The van der Waals surface area contributed by atoms with E-state index in [4.69, 9.17) is 20.2 Å². The summed E-state index contributed by atoms with van der Waals surface area (Å²) in [4.78, 5) is 14.4. The van der Waals surface area contributed by atoms with Crippen LogP contribution in [0.2, 0.25) is 5.02 Å². The van der Waals surface area contributed by atoms with Crippen LogP contribution in [0.4, 0.5) is 4.39 Å². The van der Waals surface area contributed by atoms with Crippen molar-refractivity contribution in [1.29, 1.82) is 0 Å². The summed E-state index contributed by atoms with van der Waals surface area (Å²) in [5.74, 6) is -0.459. The second-order valence-corrected chi connectivity index (χ2v) is 8.30. The zero-order valence-corrected chi connectivity index (χ0v) is 16.9. The van der Waals surface area contributed by atoms with Crippen molar-refractivity contribution in [3.05, 3.63) is 88.6 Å². The van der Waals surface area contributed by atoms with Crippen molar-refractivity contribution in [2.45, 2.75) is 13.1 Å². The molecule has 2 aromatic carbocycles. The van der Waals surface area contributed by atoms with E-state index >= 15 is 0 Å². The largest absolute Gasteiger partial charge is 0.467 e. The van der Waals surface area contributed by atoms with Crippen LogP contribution in [0.15, 0.2) is 65.3 Å². The molecule has 0 N–H and O–H groups in total. The van der Waals surface area contributed by atoms with E-state index in [1.54, 1.807) is 12.1 Å². The maximum atomic E-state index is 13.6. The summed E-state index contributed by atoms with van der Waals surface area (Å²) in [7, 11) is -3.79. The summed E-state index contributed by atoms with van der Waals surface area (Å²) >= 11 is 6.06. The lowest BCUT2D eigenvalue weighted by Gasteiger charge is -2.23. The summed E-state index contributed by atoms with van der Waals surface area (Å²) in [6.45, 7) is 0.0363. The fourth-order valence-corrected chi connectivity index (χ4v) is 3.40.